The zero-order valence-electron chi connectivity index (χ0n) is 12.9. The quantitative estimate of drug-likeness (QED) is 0.756. The molecular formula is C14H26N2O4S. The zero-order chi connectivity index (χ0) is 15.5. The van der Waals surface area contributed by atoms with Crippen LogP contribution in [0.5, 0.6) is 0 Å². The van der Waals surface area contributed by atoms with Crippen molar-refractivity contribution in [3.8, 4) is 0 Å². The molecule has 2 aliphatic rings. The van der Waals surface area contributed by atoms with Gasteiger partial charge in [-0.2, -0.15) is 0 Å². The van der Waals surface area contributed by atoms with Crippen LogP contribution in [0.15, 0.2) is 0 Å². The van der Waals surface area contributed by atoms with Gasteiger partial charge in [0.25, 0.3) is 0 Å². The Kier molecular flexibility index (Phi) is 5.62. The van der Waals surface area contributed by atoms with Gasteiger partial charge in [0.1, 0.15) is 0 Å². The predicted octanol–water partition coefficient (Wildman–Crippen LogP) is 0.179. The highest BCUT2D eigenvalue weighted by molar-refractivity contribution is 7.91. The van der Waals surface area contributed by atoms with Crippen molar-refractivity contribution < 1.29 is 17.9 Å². The maximum atomic E-state index is 11.9. The summed E-state index contributed by atoms with van der Waals surface area (Å²) in [5.74, 6) is 0.104. The molecule has 2 saturated heterocycles. The molecular weight excluding hydrogens is 292 g/mol. The molecule has 0 radical (unpaired) electrons. The number of nitrogens with zero attached hydrogens (tertiary/aromatic N) is 1. The Morgan fingerprint density at radius 1 is 1.29 bits per heavy atom. The van der Waals surface area contributed by atoms with E-state index in [9.17, 15) is 13.2 Å². The average molecular weight is 318 g/mol. The highest BCUT2D eigenvalue weighted by atomic mass is 32.2. The Morgan fingerprint density at radius 3 is 2.57 bits per heavy atom. The van der Waals surface area contributed by atoms with Crippen molar-refractivity contribution in [3.05, 3.63) is 0 Å². The van der Waals surface area contributed by atoms with Crippen LogP contribution >= 0.6 is 0 Å². The minimum absolute atomic E-state index is 0.0605. The maximum Gasteiger partial charge on any atom is 0.222 e. The Bertz CT molecular complexity index is 458. The van der Waals surface area contributed by atoms with E-state index >= 15 is 0 Å². The second-order valence-corrected chi connectivity index (χ2v) is 8.38. The van der Waals surface area contributed by atoms with Crippen molar-refractivity contribution >= 4 is 15.7 Å². The first kappa shape index (κ1) is 16.7. The van der Waals surface area contributed by atoms with Gasteiger partial charge < -0.3 is 10.1 Å². The monoisotopic (exact) mass is 318 g/mol. The van der Waals surface area contributed by atoms with Crippen molar-refractivity contribution in [1.82, 2.24) is 10.2 Å². The van der Waals surface area contributed by atoms with Crippen molar-refractivity contribution in [2.45, 2.75) is 51.3 Å². The van der Waals surface area contributed by atoms with E-state index in [1.165, 1.54) is 0 Å². The van der Waals surface area contributed by atoms with Gasteiger partial charge in [0.2, 0.25) is 5.91 Å². The first-order valence-corrected chi connectivity index (χ1v) is 9.55. The van der Waals surface area contributed by atoms with Crippen LogP contribution in [-0.4, -0.2) is 68.6 Å². The summed E-state index contributed by atoms with van der Waals surface area (Å²) >= 11 is 0. The van der Waals surface area contributed by atoms with Crippen LogP contribution in [-0.2, 0) is 19.4 Å². The second-order valence-electron chi connectivity index (χ2n) is 6.23. The summed E-state index contributed by atoms with van der Waals surface area (Å²) < 4.78 is 29.1. The van der Waals surface area contributed by atoms with E-state index in [2.05, 4.69) is 10.2 Å². The topological polar surface area (TPSA) is 75.7 Å². The fourth-order valence-electron chi connectivity index (χ4n) is 3.07. The fourth-order valence-corrected chi connectivity index (χ4v) is 5.02. The van der Waals surface area contributed by atoms with Gasteiger partial charge in [-0.3, -0.25) is 9.69 Å². The smallest absolute Gasteiger partial charge is 0.222 e. The van der Waals surface area contributed by atoms with E-state index in [1.54, 1.807) is 0 Å². The molecule has 2 aliphatic heterocycles. The van der Waals surface area contributed by atoms with Gasteiger partial charge in [-0.25, -0.2) is 8.42 Å². The number of amides is 1. The molecule has 0 bridgehead atoms. The van der Waals surface area contributed by atoms with Crippen LogP contribution in [0.1, 0.15) is 33.1 Å². The van der Waals surface area contributed by atoms with Gasteiger partial charge in [0.15, 0.2) is 9.84 Å². The van der Waals surface area contributed by atoms with Gasteiger partial charge in [-0.05, 0) is 39.8 Å². The molecule has 0 aromatic carbocycles. The van der Waals surface area contributed by atoms with Crippen LogP contribution in [0, 0.1) is 0 Å². The molecule has 2 atom stereocenters. The number of hydrogen-bond acceptors (Lipinski definition) is 5. The first-order chi connectivity index (χ1) is 9.87. The second kappa shape index (κ2) is 7.07. The lowest BCUT2D eigenvalue weighted by Gasteiger charge is -2.28. The van der Waals surface area contributed by atoms with Crippen molar-refractivity contribution in [3.63, 3.8) is 0 Å². The van der Waals surface area contributed by atoms with Crippen LogP contribution in [0.2, 0.25) is 0 Å². The Morgan fingerprint density at radius 2 is 1.95 bits per heavy atom. The summed E-state index contributed by atoms with van der Waals surface area (Å²) in [7, 11) is -3.05. The molecule has 6 nitrogen and oxygen atoms in total. The number of ether oxygens (including phenoxy) is 1. The first-order valence-electron chi connectivity index (χ1n) is 7.73. The molecule has 0 aromatic heterocycles. The average Bonchev–Trinajstić information content (AvgIpc) is 2.96. The minimum Gasteiger partial charge on any atom is -0.378 e. The number of carbonyl (C=O) groups excluding carboxylic acids is 1. The van der Waals surface area contributed by atoms with Gasteiger partial charge >= 0.3 is 0 Å². The molecule has 1 amide bonds. The normalized spacial score (nSPS) is 29.1. The third-order valence-corrected chi connectivity index (χ3v) is 5.78. The summed E-state index contributed by atoms with van der Waals surface area (Å²) in [6.07, 6.45) is 2.60. The minimum atomic E-state index is -3.05. The summed E-state index contributed by atoms with van der Waals surface area (Å²) in [6.45, 7) is 6.08. The highest BCUT2D eigenvalue weighted by Gasteiger charge is 2.42. The Hall–Kier alpha value is -0.660. The van der Waals surface area contributed by atoms with Gasteiger partial charge in [-0.1, -0.05) is 0 Å². The van der Waals surface area contributed by atoms with Crippen LogP contribution in [0.4, 0.5) is 0 Å². The fraction of sp³-hybridized carbons (Fsp3) is 0.929. The van der Waals surface area contributed by atoms with Crippen LogP contribution < -0.4 is 5.32 Å². The number of hydrogen-bond donors (Lipinski definition) is 1. The van der Waals surface area contributed by atoms with Crippen molar-refractivity contribution in [1.29, 1.82) is 0 Å². The van der Waals surface area contributed by atoms with Crippen molar-refractivity contribution in [2.24, 2.45) is 0 Å². The SMILES string of the molecule is CC(C)OCCC(=O)NC1CS(=O)(=O)CC1N1CCCC1. The molecule has 7 heteroatoms. The number of carbonyl (C=O) groups is 1. The summed E-state index contributed by atoms with van der Waals surface area (Å²) in [4.78, 5) is 14.2. The van der Waals surface area contributed by atoms with E-state index in [0.29, 0.717) is 6.61 Å². The Balaban J connectivity index is 1.88. The number of rotatable bonds is 6. The number of sulfone groups is 1. The van der Waals surface area contributed by atoms with Gasteiger partial charge in [-0.15, -0.1) is 0 Å². The number of nitrogens with one attached hydrogen (secondary N) is 1. The summed E-state index contributed by atoms with van der Waals surface area (Å²) in [5, 5.41) is 2.90. The van der Waals surface area contributed by atoms with Crippen LogP contribution in [0.25, 0.3) is 0 Å². The molecule has 0 aliphatic carbocycles. The lowest BCUT2D eigenvalue weighted by molar-refractivity contribution is -0.123. The van der Waals surface area contributed by atoms with Crippen molar-refractivity contribution in [2.75, 3.05) is 31.2 Å². The standard InChI is InChI=1S/C14H26N2O4S/c1-11(2)20-8-5-14(17)15-12-9-21(18,19)10-13(12)16-6-3-4-7-16/h11-13H,3-10H2,1-2H3,(H,15,17). The molecule has 2 fully saturated rings. The molecule has 0 saturated carbocycles. The third-order valence-electron chi connectivity index (χ3n) is 4.06. The molecule has 0 aromatic rings. The summed E-state index contributed by atoms with van der Waals surface area (Å²) in [6, 6.07) is -0.341. The van der Waals surface area contributed by atoms with Gasteiger partial charge in [0.05, 0.1) is 30.3 Å². The molecule has 1 N–H and O–H groups in total. The van der Waals surface area contributed by atoms with E-state index < -0.39 is 9.84 Å². The molecule has 0 spiro atoms. The lowest BCUT2D eigenvalue weighted by Crippen LogP contribution is -2.50. The molecule has 2 unspecified atom stereocenters. The molecule has 21 heavy (non-hydrogen) atoms. The largest absolute Gasteiger partial charge is 0.378 e. The maximum absolute atomic E-state index is 11.9. The van der Waals surface area contributed by atoms with E-state index in [-0.39, 0.29) is 42.0 Å². The predicted molar refractivity (Wildman–Crippen MR) is 80.9 cm³/mol. The van der Waals surface area contributed by atoms with E-state index in [1.807, 2.05) is 13.8 Å². The summed E-state index contributed by atoms with van der Waals surface area (Å²) in [5.41, 5.74) is 0. The van der Waals surface area contributed by atoms with E-state index in [4.69, 9.17) is 4.74 Å². The van der Waals surface area contributed by atoms with Gasteiger partial charge in [0, 0.05) is 12.5 Å². The molecule has 2 rings (SSSR count). The lowest BCUT2D eigenvalue weighted by atomic mass is 10.1. The molecule has 122 valence electrons. The third kappa shape index (κ3) is 4.93. The number of likely N-dealkylation sites (tertiary alicyclic amines) is 1. The Labute approximate surface area is 127 Å². The highest BCUT2D eigenvalue weighted by Crippen LogP contribution is 2.22. The zero-order valence-corrected chi connectivity index (χ0v) is 13.7. The molecule has 2 heterocycles. The van der Waals surface area contributed by atoms with E-state index in [0.717, 1.165) is 25.9 Å². The van der Waals surface area contributed by atoms with Crippen LogP contribution in [0.3, 0.4) is 0 Å².